The van der Waals surface area contributed by atoms with Gasteiger partial charge in [-0.3, -0.25) is 14.4 Å². The summed E-state index contributed by atoms with van der Waals surface area (Å²) >= 11 is 0. The van der Waals surface area contributed by atoms with Gasteiger partial charge in [0.1, 0.15) is 0 Å². The van der Waals surface area contributed by atoms with Crippen molar-refractivity contribution >= 4 is 17.5 Å². The van der Waals surface area contributed by atoms with Gasteiger partial charge in [-0.1, -0.05) is 39.8 Å². The molecule has 0 aliphatic carbocycles. The first-order valence-corrected chi connectivity index (χ1v) is 12.8. The van der Waals surface area contributed by atoms with Crippen LogP contribution in [0.1, 0.15) is 67.9 Å². The van der Waals surface area contributed by atoms with Crippen LogP contribution in [0.2, 0.25) is 0 Å². The van der Waals surface area contributed by atoms with Gasteiger partial charge in [0.25, 0.3) is 0 Å². The maximum atomic E-state index is 13.1. The number of hydrogen-bond donors (Lipinski definition) is 2. The number of hydrogen-bond acceptors (Lipinski definition) is 9. The molecular formula is C27H33N9O2. The van der Waals surface area contributed by atoms with Crippen LogP contribution in [0.4, 0.5) is 11.6 Å². The molecule has 5 rings (SSSR count). The number of benzene rings is 1. The van der Waals surface area contributed by atoms with Gasteiger partial charge in [-0.15, -0.1) is 10.2 Å². The Morgan fingerprint density at radius 2 is 2.05 bits per heavy atom. The number of carbonyl (C=O) groups is 1. The lowest BCUT2D eigenvalue weighted by atomic mass is 9.96. The fourth-order valence-corrected chi connectivity index (χ4v) is 4.48. The Bertz CT molecular complexity index is 1440. The molecule has 0 fully saturated rings. The first-order chi connectivity index (χ1) is 18.2. The van der Waals surface area contributed by atoms with Crippen molar-refractivity contribution in [3.05, 3.63) is 65.8 Å². The van der Waals surface area contributed by atoms with Crippen molar-refractivity contribution in [1.82, 2.24) is 40.2 Å². The van der Waals surface area contributed by atoms with E-state index in [1.807, 2.05) is 46.1 Å². The van der Waals surface area contributed by atoms with Crippen LogP contribution in [-0.2, 0) is 19.0 Å². The zero-order valence-electron chi connectivity index (χ0n) is 22.4. The summed E-state index contributed by atoms with van der Waals surface area (Å²) in [4.78, 5) is 24.5. The van der Waals surface area contributed by atoms with Crippen molar-refractivity contribution in [2.24, 2.45) is 7.05 Å². The van der Waals surface area contributed by atoms with Crippen molar-refractivity contribution in [3.8, 4) is 11.3 Å². The van der Waals surface area contributed by atoms with E-state index in [9.17, 15) is 4.79 Å². The summed E-state index contributed by atoms with van der Waals surface area (Å²) in [6, 6.07) is 8.00. The third-order valence-electron chi connectivity index (χ3n) is 6.57. The second kappa shape index (κ2) is 10.3. The predicted molar refractivity (Wildman–Crippen MR) is 143 cm³/mol. The fraction of sp³-hybridized carbons (Fsp3) is 0.407. The van der Waals surface area contributed by atoms with E-state index in [2.05, 4.69) is 54.9 Å². The molecule has 0 spiro atoms. The molecule has 1 aliphatic rings. The number of aromatic nitrogens is 6. The molecule has 0 radical (unpaired) electrons. The first kappa shape index (κ1) is 25.5. The zero-order chi connectivity index (χ0) is 26.9. The van der Waals surface area contributed by atoms with Gasteiger partial charge >= 0.3 is 11.8 Å². The van der Waals surface area contributed by atoms with Gasteiger partial charge in [-0.25, -0.2) is 9.97 Å². The van der Waals surface area contributed by atoms with Gasteiger partial charge in [-0.05, 0) is 36.2 Å². The summed E-state index contributed by atoms with van der Waals surface area (Å²) in [7, 11) is 1.86. The standard InChI is InChI=1S/C27H33N9O2/c1-6-36-12-10-22(31-23(37)24-33-34-25(38-24)27(2,3)4)20-8-7-17(13-18(20)15-36)21-9-11-28-26(32-21)30-19-14-29-35(5)16-19/h7-9,11,13-14,16,22H,6,10,12,15H2,1-5H3,(H,31,37)(H,28,30,32)/t22-/m0/s1. The lowest BCUT2D eigenvalue weighted by Gasteiger charge is -2.19. The Balaban J connectivity index is 1.40. The number of nitrogens with one attached hydrogen (secondary N) is 2. The summed E-state index contributed by atoms with van der Waals surface area (Å²) in [5.41, 5.74) is 4.51. The molecular weight excluding hydrogens is 482 g/mol. The van der Waals surface area contributed by atoms with E-state index < -0.39 is 0 Å². The number of carbonyl (C=O) groups excluding carboxylic acids is 1. The number of amides is 1. The summed E-state index contributed by atoms with van der Waals surface area (Å²) in [5, 5.41) is 18.6. The topological polar surface area (TPSA) is 127 Å². The summed E-state index contributed by atoms with van der Waals surface area (Å²) in [6.07, 6.45) is 6.11. The van der Waals surface area contributed by atoms with Gasteiger partial charge in [0.15, 0.2) is 0 Å². The Labute approximate surface area is 221 Å². The highest BCUT2D eigenvalue weighted by Gasteiger charge is 2.28. The van der Waals surface area contributed by atoms with Gasteiger partial charge in [0.2, 0.25) is 11.8 Å². The van der Waals surface area contributed by atoms with Gasteiger partial charge in [0, 0.05) is 43.5 Å². The lowest BCUT2D eigenvalue weighted by molar-refractivity contribution is 0.0894. The van der Waals surface area contributed by atoms with Crippen LogP contribution in [0.25, 0.3) is 11.3 Å². The number of anilines is 2. The lowest BCUT2D eigenvalue weighted by Crippen LogP contribution is -2.30. The highest BCUT2D eigenvalue weighted by atomic mass is 16.4. The largest absolute Gasteiger partial charge is 0.416 e. The van der Waals surface area contributed by atoms with Crippen molar-refractivity contribution in [2.45, 2.75) is 52.1 Å². The zero-order valence-corrected chi connectivity index (χ0v) is 22.4. The molecule has 1 amide bonds. The molecule has 11 nitrogen and oxygen atoms in total. The van der Waals surface area contributed by atoms with E-state index >= 15 is 0 Å². The van der Waals surface area contributed by atoms with E-state index in [-0.39, 0.29) is 23.3 Å². The van der Waals surface area contributed by atoms with Crippen LogP contribution in [0.5, 0.6) is 0 Å². The molecule has 1 aromatic carbocycles. The molecule has 4 aromatic rings. The Kier molecular flexibility index (Phi) is 6.94. The summed E-state index contributed by atoms with van der Waals surface area (Å²) in [5.74, 6) is 0.562. The van der Waals surface area contributed by atoms with Crippen LogP contribution in [-0.4, -0.2) is 53.8 Å². The van der Waals surface area contributed by atoms with E-state index in [0.29, 0.717) is 11.8 Å². The van der Waals surface area contributed by atoms with Crippen LogP contribution in [0.15, 0.2) is 47.3 Å². The molecule has 0 unspecified atom stereocenters. The highest BCUT2D eigenvalue weighted by molar-refractivity contribution is 5.89. The molecule has 38 heavy (non-hydrogen) atoms. The van der Waals surface area contributed by atoms with Crippen molar-refractivity contribution in [1.29, 1.82) is 0 Å². The third kappa shape index (κ3) is 5.57. The molecule has 0 saturated carbocycles. The van der Waals surface area contributed by atoms with E-state index in [0.717, 1.165) is 54.1 Å². The second-order valence-corrected chi connectivity index (χ2v) is 10.6. The van der Waals surface area contributed by atoms with Gasteiger partial charge in [-0.2, -0.15) is 5.10 Å². The summed E-state index contributed by atoms with van der Waals surface area (Å²) < 4.78 is 7.39. The van der Waals surface area contributed by atoms with Gasteiger partial charge in [0.05, 0.1) is 23.6 Å². The first-order valence-electron chi connectivity index (χ1n) is 12.8. The van der Waals surface area contributed by atoms with Crippen LogP contribution >= 0.6 is 0 Å². The Morgan fingerprint density at radius 3 is 2.76 bits per heavy atom. The van der Waals surface area contributed by atoms with Crippen molar-refractivity contribution in [2.75, 3.05) is 18.4 Å². The third-order valence-corrected chi connectivity index (χ3v) is 6.57. The average molecular weight is 516 g/mol. The number of aryl methyl sites for hydroxylation is 1. The number of rotatable bonds is 6. The van der Waals surface area contributed by atoms with Crippen LogP contribution < -0.4 is 10.6 Å². The number of nitrogens with zero attached hydrogens (tertiary/aromatic N) is 7. The maximum absolute atomic E-state index is 13.1. The molecule has 0 saturated heterocycles. The quantitative estimate of drug-likeness (QED) is 0.392. The minimum Gasteiger partial charge on any atom is -0.416 e. The molecule has 0 bridgehead atoms. The predicted octanol–water partition coefficient (Wildman–Crippen LogP) is 4.00. The molecule has 3 aromatic heterocycles. The Hall–Kier alpha value is -4.12. The fourth-order valence-electron chi connectivity index (χ4n) is 4.48. The minimum absolute atomic E-state index is 0.0145. The smallest absolute Gasteiger partial charge is 0.309 e. The molecule has 11 heteroatoms. The van der Waals surface area contributed by atoms with Gasteiger partial charge < -0.3 is 15.1 Å². The summed E-state index contributed by atoms with van der Waals surface area (Å²) in [6.45, 7) is 10.6. The van der Waals surface area contributed by atoms with Crippen LogP contribution in [0.3, 0.4) is 0 Å². The normalized spacial score (nSPS) is 16.1. The van der Waals surface area contributed by atoms with Crippen molar-refractivity contribution < 1.29 is 9.21 Å². The number of fused-ring (bicyclic) bond motifs is 1. The highest BCUT2D eigenvalue weighted by Crippen LogP contribution is 2.31. The molecule has 198 valence electrons. The molecule has 2 N–H and O–H groups in total. The average Bonchev–Trinajstić information content (AvgIpc) is 3.51. The monoisotopic (exact) mass is 515 g/mol. The SMILES string of the molecule is CCN1CC[C@H](NC(=O)c2nnc(C(C)(C)C)o2)c2ccc(-c3ccnc(Nc4cnn(C)c4)n3)cc2C1. The second-order valence-electron chi connectivity index (χ2n) is 10.6. The van der Waals surface area contributed by atoms with E-state index in [4.69, 9.17) is 9.40 Å². The van der Waals surface area contributed by atoms with E-state index in [1.54, 1.807) is 17.1 Å². The van der Waals surface area contributed by atoms with Crippen LogP contribution in [0, 0.1) is 0 Å². The maximum Gasteiger partial charge on any atom is 0.309 e. The molecule has 1 atom stereocenters. The molecule has 4 heterocycles. The Morgan fingerprint density at radius 1 is 1.21 bits per heavy atom. The van der Waals surface area contributed by atoms with Crippen molar-refractivity contribution in [3.63, 3.8) is 0 Å². The van der Waals surface area contributed by atoms with E-state index in [1.165, 1.54) is 0 Å². The molecule has 1 aliphatic heterocycles. The minimum atomic E-state index is -0.361.